The number of hydrogen-bond donors (Lipinski definition) is 2. The third kappa shape index (κ3) is 4.27. The van der Waals surface area contributed by atoms with Gasteiger partial charge in [-0.2, -0.15) is 9.78 Å². The Morgan fingerprint density at radius 3 is 2.63 bits per heavy atom. The summed E-state index contributed by atoms with van der Waals surface area (Å²) in [5.74, 6) is -0.556. The summed E-state index contributed by atoms with van der Waals surface area (Å²) in [5.41, 5.74) is 1.23. The molecule has 8 heteroatoms. The van der Waals surface area contributed by atoms with Crippen LogP contribution in [0.15, 0.2) is 46.6 Å². The molecule has 3 aromatic rings. The van der Waals surface area contributed by atoms with Crippen molar-refractivity contribution >= 4 is 28.8 Å². The van der Waals surface area contributed by atoms with Gasteiger partial charge in [0.2, 0.25) is 0 Å². The summed E-state index contributed by atoms with van der Waals surface area (Å²) < 4.78 is 1.23. The highest BCUT2D eigenvalue weighted by Gasteiger charge is 2.19. The highest BCUT2D eigenvalue weighted by atomic mass is 35.5. The van der Waals surface area contributed by atoms with Crippen molar-refractivity contribution in [2.45, 2.75) is 19.9 Å². The SMILES string of the molecule is Cc1cc(-n2nc(-c3ccc(Cl)cc3)cc(C(=O)N[C@@H](C)CO)c2=O)cs1. The van der Waals surface area contributed by atoms with Crippen LogP contribution in [-0.4, -0.2) is 33.4 Å². The zero-order valence-electron chi connectivity index (χ0n) is 14.8. The van der Waals surface area contributed by atoms with Crippen LogP contribution in [0.3, 0.4) is 0 Å². The number of aliphatic hydroxyl groups excluding tert-OH is 1. The largest absolute Gasteiger partial charge is 0.394 e. The zero-order chi connectivity index (χ0) is 19.6. The minimum absolute atomic E-state index is 0.0425. The molecule has 27 heavy (non-hydrogen) atoms. The number of nitrogens with zero attached hydrogens (tertiary/aromatic N) is 2. The highest BCUT2D eigenvalue weighted by Crippen LogP contribution is 2.21. The standard InChI is InChI=1S/C19H18ClN3O3S/c1-11(9-24)21-18(25)16-8-17(13-3-5-14(20)6-4-13)22-23(19(16)26)15-7-12(2)27-10-15/h3-8,10-11,24H,9H2,1-2H3,(H,21,25)/t11-/m0/s1. The molecule has 0 spiro atoms. The fourth-order valence-electron chi connectivity index (χ4n) is 2.48. The van der Waals surface area contributed by atoms with E-state index >= 15 is 0 Å². The maximum atomic E-state index is 12.9. The number of carbonyl (C=O) groups is 1. The molecule has 0 saturated heterocycles. The number of aromatic nitrogens is 2. The number of aryl methyl sites for hydroxylation is 1. The van der Waals surface area contributed by atoms with Gasteiger partial charge in [-0.05, 0) is 38.1 Å². The van der Waals surface area contributed by atoms with Gasteiger partial charge in [-0.1, -0.05) is 23.7 Å². The molecule has 2 heterocycles. The average molecular weight is 404 g/mol. The van der Waals surface area contributed by atoms with Gasteiger partial charge in [0.05, 0.1) is 18.0 Å². The first-order valence-corrected chi connectivity index (χ1v) is 9.52. The van der Waals surface area contributed by atoms with Crippen molar-refractivity contribution in [3.63, 3.8) is 0 Å². The smallest absolute Gasteiger partial charge is 0.284 e. The summed E-state index contributed by atoms with van der Waals surface area (Å²) in [5, 5.41) is 18.6. The van der Waals surface area contributed by atoms with Crippen LogP contribution in [0, 0.1) is 6.92 Å². The fourth-order valence-corrected chi connectivity index (χ4v) is 3.27. The van der Waals surface area contributed by atoms with Crippen molar-refractivity contribution < 1.29 is 9.90 Å². The zero-order valence-corrected chi connectivity index (χ0v) is 16.3. The molecular formula is C19H18ClN3O3S. The predicted octanol–water partition coefficient (Wildman–Crippen LogP) is 3.03. The lowest BCUT2D eigenvalue weighted by Crippen LogP contribution is -2.39. The summed E-state index contributed by atoms with van der Waals surface area (Å²) in [6.45, 7) is 3.36. The monoisotopic (exact) mass is 403 g/mol. The van der Waals surface area contributed by atoms with Gasteiger partial charge in [-0.15, -0.1) is 11.3 Å². The van der Waals surface area contributed by atoms with Crippen molar-refractivity contribution in [1.29, 1.82) is 0 Å². The van der Waals surface area contributed by atoms with Crippen molar-refractivity contribution in [2.75, 3.05) is 6.61 Å². The van der Waals surface area contributed by atoms with Gasteiger partial charge in [0.1, 0.15) is 5.56 Å². The van der Waals surface area contributed by atoms with Gasteiger partial charge in [-0.25, -0.2) is 0 Å². The van der Waals surface area contributed by atoms with Crippen LogP contribution in [0.2, 0.25) is 5.02 Å². The molecule has 1 amide bonds. The summed E-state index contributed by atoms with van der Waals surface area (Å²) in [7, 11) is 0. The van der Waals surface area contributed by atoms with E-state index in [0.717, 1.165) is 10.4 Å². The number of thiophene rings is 1. The lowest BCUT2D eigenvalue weighted by atomic mass is 10.1. The summed E-state index contributed by atoms with van der Waals surface area (Å²) in [6, 6.07) is 9.81. The Morgan fingerprint density at radius 2 is 2.04 bits per heavy atom. The van der Waals surface area contributed by atoms with E-state index in [9.17, 15) is 14.7 Å². The van der Waals surface area contributed by atoms with Crippen LogP contribution in [0.4, 0.5) is 0 Å². The molecule has 2 aromatic heterocycles. The first-order valence-electron chi connectivity index (χ1n) is 8.26. The summed E-state index contributed by atoms with van der Waals surface area (Å²) >= 11 is 7.44. The van der Waals surface area contributed by atoms with E-state index < -0.39 is 17.5 Å². The number of amides is 1. The Kier molecular flexibility index (Phi) is 5.74. The Hall–Kier alpha value is -2.48. The number of hydrogen-bond acceptors (Lipinski definition) is 5. The molecular weight excluding hydrogens is 386 g/mol. The minimum Gasteiger partial charge on any atom is -0.394 e. The predicted molar refractivity (Wildman–Crippen MR) is 107 cm³/mol. The quantitative estimate of drug-likeness (QED) is 0.685. The third-order valence-electron chi connectivity index (χ3n) is 3.91. The van der Waals surface area contributed by atoms with Crippen LogP contribution in [-0.2, 0) is 0 Å². The van der Waals surface area contributed by atoms with E-state index in [0.29, 0.717) is 16.4 Å². The van der Waals surface area contributed by atoms with E-state index in [1.165, 1.54) is 22.1 Å². The molecule has 3 rings (SSSR count). The number of rotatable bonds is 5. The van der Waals surface area contributed by atoms with Crippen LogP contribution in [0.25, 0.3) is 16.9 Å². The second-order valence-corrected chi connectivity index (χ2v) is 7.69. The molecule has 0 fully saturated rings. The van der Waals surface area contributed by atoms with Gasteiger partial charge in [0.25, 0.3) is 11.5 Å². The lowest BCUT2D eigenvalue weighted by Gasteiger charge is -2.13. The number of halogens is 1. The molecule has 0 aliphatic rings. The number of carbonyl (C=O) groups excluding carboxylic acids is 1. The Morgan fingerprint density at radius 1 is 1.33 bits per heavy atom. The molecule has 1 atom stereocenters. The Balaban J connectivity index is 2.17. The normalized spacial score (nSPS) is 12.0. The maximum absolute atomic E-state index is 12.9. The molecule has 0 aliphatic heterocycles. The van der Waals surface area contributed by atoms with Crippen LogP contribution in [0.1, 0.15) is 22.2 Å². The number of nitrogens with one attached hydrogen (secondary N) is 1. The van der Waals surface area contributed by atoms with Crippen LogP contribution < -0.4 is 10.9 Å². The van der Waals surface area contributed by atoms with Crippen molar-refractivity contribution in [2.24, 2.45) is 0 Å². The van der Waals surface area contributed by atoms with Gasteiger partial charge in [0.15, 0.2) is 0 Å². The van der Waals surface area contributed by atoms with E-state index in [1.807, 2.05) is 18.4 Å². The van der Waals surface area contributed by atoms with Gasteiger partial charge in [-0.3, -0.25) is 9.59 Å². The molecule has 0 aliphatic carbocycles. The van der Waals surface area contributed by atoms with E-state index in [-0.39, 0.29) is 12.2 Å². The molecule has 0 unspecified atom stereocenters. The van der Waals surface area contributed by atoms with Crippen molar-refractivity contribution in [1.82, 2.24) is 15.1 Å². The van der Waals surface area contributed by atoms with Crippen LogP contribution in [0.5, 0.6) is 0 Å². The molecule has 2 N–H and O–H groups in total. The summed E-state index contributed by atoms with van der Waals surface area (Å²) in [4.78, 5) is 26.5. The Bertz CT molecular complexity index is 1030. The average Bonchev–Trinajstić information content (AvgIpc) is 3.08. The Labute approximate surface area is 165 Å². The molecule has 0 bridgehead atoms. The van der Waals surface area contributed by atoms with E-state index in [2.05, 4.69) is 10.4 Å². The van der Waals surface area contributed by atoms with Crippen molar-refractivity contribution in [3.8, 4) is 16.9 Å². The van der Waals surface area contributed by atoms with E-state index in [1.54, 1.807) is 31.2 Å². The van der Waals surface area contributed by atoms with Gasteiger partial charge >= 0.3 is 0 Å². The first kappa shape index (κ1) is 19.3. The lowest BCUT2D eigenvalue weighted by molar-refractivity contribution is 0.0920. The minimum atomic E-state index is -0.556. The highest BCUT2D eigenvalue weighted by molar-refractivity contribution is 7.10. The number of aliphatic hydroxyl groups is 1. The maximum Gasteiger partial charge on any atom is 0.284 e. The topological polar surface area (TPSA) is 84.2 Å². The fraction of sp³-hybridized carbons (Fsp3) is 0.211. The molecule has 6 nitrogen and oxygen atoms in total. The van der Waals surface area contributed by atoms with Crippen molar-refractivity contribution in [3.05, 3.63) is 67.6 Å². The number of benzene rings is 1. The van der Waals surface area contributed by atoms with Gasteiger partial charge in [0, 0.05) is 26.9 Å². The third-order valence-corrected chi connectivity index (χ3v) is 5.01. The molecule has 0 radical (unpaired) electrons. The molecule has 0 saturated carbocycles. The molecule has 140 valence electrons. The molecule has 1 aromatic carbocycles. The second kappa shape index (κ2) is 8.04. The van der Waals surface area contributed by atoms with Gasteiger partial charge < -0.3 is 10.4 Å². The first-order chi connectivity index (χ1) is 12.9. The van der Waals surface area contributed by atoms with E-state index in [4.69, 9.17) is 11.6 Å². The summed E-state index contributed by atoms with van der Waals surface area (Å²) in [6.07, 6.45) is 0. The second-order valence-electron chi connectivity index (χ2n) is 6.14. The van der Waals surface area contributed by atoms with Crippen LogP contribution >= 0.6 is 22.9 Å².